The minimum atomic E-state index is 0.000635. The van der Waals surface area contributed by atoms with E-state index in [0.29, 0.717) is 11.1 Å². The van der Waals surface area contributed by atoms with Gasteiger partial charge < -0.3 is 10.6 Å². The number of hydrogen-bond acceptors (Lipinski definition) is 5. The van der Waals surface area contributed by atoms with Crippen molar-refractivity contribution in [2.45, 2.75) is 0 Å². The number of hydrogen-bond donors (Lipinski definition) is 1. The normalized spacial score (nSPS) is 9.76. The Labute approximate surface area is 127 Å². The third-order valence-electron chi connectivity index (χ3n) is 3.08. The quantitative estimate of drug-likeness (QED) is 0.861. The maximum absolute atomic E-state index is 9.28. The van der Waals surface area contributed by atoms with E-state index in [1.165, 1.54) is 0 Å². The Morgan fingerprint density at radius 2 is 1.67 bits per heavy atom. The van der Waals surface area contributed by atoms with Gasteiger partial charge in [-0.25, -0.2) is 4.98 Å². The van der Waals surface area contributed by atoms with Gasteiger partial charge in [-0.3, -0.25) is 0 Å². The van der Waals surface area contributed by atoms with Crippen LogP contribution in [-0.2, 0) is 0 Å². The van der Waals surface area contributed by atoms with Crippen molar-refractivity contribution in [3.05, 3.63) is 40.5 Å². The first-order valence-electron chi connectivity index (χ1n) is 6.06. The lowest BCUT2D eigenvalue weighted by Gasteiger charge is -2.14. The molecule has 0 unspecified atom stereocenters. The molecule has 0 saturated carbocycles. The fourth-order valence-corrected chi connectivity index (χ4v) is 2.23. The van der Waals surface area contributed by atoms with Crippen LogP contribution in [-0.4, -0.2) is 19.1 Å². The van der Waals surface area contributed by atoms with Crippen molar-refractivity contribution < 1.29 is 0 Å². The van der Waals surface area contributed by atoms with E-state index in [2.05, 4.69) is 4.98 Å². The van der Waals surface area contributed by atoms with Gasteiger partial charge in [0.25, 0.3) is 0 Å². The highest BCUT2D eigenvalue weighted by atomic mass is 35.5. The maximum Gasteiger partial charge on any atom is 0.149 e. The summed E-state index contributed by atoms with van der Waals surface area (Å²) in [4.78, 5) is 5.79. The highest BCUT2D eigenvalue weighted by molar-refractivity contribution is 6.31. The van der Waals surface area contributed by atoms with E-state index in [9.17, 15) is 10.5 Å². The van der Waals surface area contributed by atoms with Crippen LogP contribution >= 0.6 is 11.6 Å². The summed E-state index contributed by atoms with van der Waals surface area (Å²) in [6, 6.07) is 11.4. The molecular weight excluding hydrogens is 286 g/mol. The van der Waals surface area contributed by atoms with Crippen LogP contribution in [0.1, 0.15) is 11.1 Å². The molecule has 1 heterocycles. The lowest BCUT2D eigenvalue weighted by Crippen LogP contribution is -2.08. The Morgan fingerprint density at radius 1 is 1.10 bits per heavy atom. The molecule has 0 spiro atoms. The van der Waals surface area contributed by atoms with E-state index in [1.54, 1.807) is 0 Å². The van der Waals surface area contributed by atoms with Crippen molar-refractivity contribution in [2.75, 3.05) is 24.7 Å². The van der Waals surface area contributed by atoms with Crippen LogP contribution in [0, 0.1) is 22.7 Å². The number of rotatable bonds is 2. The fraction of sp³-hybridized carbons (Fsp3) is 0.133. The molecule has 21 heavy (non-hydrogen) atoms. The van der Waals surface area contributed by atoms with Crippen LogP contribution in [0.2, 0.25) is 5.15 Å². The Kier molecular flexibility index (Phi) is 3.98. The monoisotopic (exact) mass is 297 g/mol. The van der Waals surface area contributed by atoms with Crippen molar-refractivity contribution in [3.63, 3.8) is 0 Å². The second-order valence-electron chi connectivity index (χ2n) is 4.58. The summed E-state index contributed by atoms with van der Waals surface area (Å²) < 4.78 is 0. The van der Waals surface area contributed by atoms with Crippen molar-refractivity contribution in [1.82, 2.24) is 4.98 Å². The average Bonchev–Trinajstić information content (AvgIpc) is 2.46. The van der Waals surface area contributed by atoms with Gasteiger partial charge >= 0.3 is 0 Å². The van der Waals surface area contributed by atoms with Crippen LogP contribution in [0.25, 0.3) is 11.1 Å². The van der Waals surface area contributed by atoms with Gasteiger partial charge in [-0.1, -0.05) is 23.7 Å². The molecule has 1 aromatic heterocycles. The summed E-state index contributed by atoms with van der Waals surface area (Å²) in [6.45, 7) is 0. The van der Waals surface area contributed by atoms with Gasteiger partial charge in [0.15, 0.2) is 0 Å². The highest BCUT2D eigenvalue weighted by Crippen LogP contribution is 2.34. The number of aromatic nitrogens is 1. The van der Waals surface area contributed by atoms with E-state index in [4.69, 9.17) is 17.3 Å². The van der Waals surface area contributed by atoms with Gasteiger partial charge in [0.05, 0.1) is 5.56 Å². The third kappa shape index (κ3) is 2.60. The number of nitrogens with two attached hydrogens (primary N) is 1. The Morgan fingerprint density at radius 3 is 2.14 bits per heavy atom. The number of nitrogens with zero attached hydrogens (tertiary/aromatic N) is 4. The Balaban J connectivity index is 2.74. The molecule has 0 aliphatic rings. The van der Waals surface area contributed by atoms with Crippen LogP contribution in [0.4, 0.5) is 11.5 Å². The molecule has 2 aromatic rings. The summed E-state index contributed by atoms with van der Waals surface area (Å²) >= 11 is 5.96. The predicted molar refractivity (Wildman–Crippen MR) is 82.9 cm³/mol. The maximum atomic E-state index is 9.28. The molecule has 1 aromatic carbocycles. The molecule has 5 nitrogen and oxygen atoms in total. The van der Waals surface area contributed by atoms with E-state index in [0.717, 1.165) is 5.69 Å². The number of pyridine rings is 1. The van der Waals surface area contributed by atoms with Gasteiger partial charge in [-0.15, -0.1) is 0 Å². The predicted octanol–water partition coefficient (Wildman–Crippen LogP) is 2.79. The van der Waals surface area contributed by atoms with Crippen molar-refractivity contribution in [3.8, 4) is 23.3 Å². The highest BCUT2D eigenvalue weighted by Gasteiger charge is 2.19. The zero-order chi connectivity index (χ0) is 15.6. The molecule has 0 saturated heterocycles. The zero-order valence-corrected chi connectivity index (χ0v) is 12.3. The topological polar surface area (TPSA) is 89.7 Å². The summed E-state index contributed by atoms with van der Waals surface area (Å²) in [5, 5.41) is 18.6. The zero-order valence-electron chi connectivity index (χ0n) is 11.6. The number of nitrogen functional groups attached to an aromatic ring is 1. The van der Waals surface area contributed by atoms with Crippen LogP contribution in [0.5, 0.6) is 0 Å². The molecule has 0 radical (unpaired) electrons. The van der Waals surface area contributed by atoms with E-state index < -0.39 is 0 Å². The third-order valence-corrected chi connectivity index (χ3v) is 3.35. The molecule has 0 fully saturated rings. The Bertz CT molecular complexity index is 728. The summed E-state index contributed by atoms with van der Waals surface area (Å²) in [5.41, 5.74) is 8.17. The largest absolute Gasteiger partial charge is 0.383 e. The lowest BCUT2D eigenvalue weighted by atomic mass is 9.96. The minimum absolute atomic E-state index is 0.000635. The molecule has 6 heteroatoms. The number of nitriles is 2. The second-order valence-corrected chi connectivity index (χ2v) is 4.94. The standard InChI is InChI=1S/C15H12ClN5/c1-21(2)10-5-3-9(4-6-10)13-11(7-17)14(16)20-15(19)12(13)8-18/h3-6H,1-2H3,(H2,19,20). The molecule has 0 bridgehead atoms. The SMILES string of the molecule is CN(C)c1ccc(-c2c(C#N)c(N)nc(Cl)c2C#N)cc1. The number of anilines is 2. The average molecular weight is 298 g/mol. The van der Waals surface area contributed by atoms with Crippen LogP contribution < -0.4 is 10.6 Å². The summed E-state index contributed by atoms with van der Waals surface area (Å²) in [7, 11) is 3.86. The van der Waals surface area contributed by atoms with E-state index in [-0.39, 0.29) is 22.1 Å². The van der Waals surface area contributed by atoms with Crippen molar-refractivity contribution in [2.24, 2.45) is 0 Å². The van der Waals surface area contributed by atoms with Gasteiger partial charge in [0.2, 0.25) is 0 Å². The first-order valence-corrected chi connectivity index (χ1v) is 6.44. The first-order chi connectivity index (χ1) is 9.99. The smallest absolute Gasteiger partial charge is 0.149 e. The van der Waals surface area contributed by atoms with Gasteiger partial charge in [0.1, 0.15) is 28.7 Å². The molecule has 0 aliphatic carbocycles. The van der Waals surface area contributed by atoms with E-state index >= 15 is 0 Å². The van der Waals surface area contributed by atoms with Gasteiger partial charge in [-0.2, -0.15) is 10.5 Å². The molecule has 2 N–H and O–H groups in total. The number of halogens is 1. The molecule has 0 atom stereocenters. The fourth-order valence-electron chi connectivity index (χ4n) is 2.00. The number of benzene rings is 1. The Hall–Kier alpha value is -2.76. The minimum Gasteiger partial charge on any atom is -0.383 e. The molecule has 0 amide bonds. The molecule has 104 valence electrons. The van der Waals surface area contributed by atoms with Crippen molar-refractivity contribution >= 4 is 23.1 Å². The molecule has 2 rings (SSSR count). The van der Waals surface area contributed by atoms with E-state index in [1.807, 2.05) is 55.4 Å². The van der Waals surface area contributed by atoms with Crippen molar-refractivity contribution in [1.29, 1.82) is 10.5 Å². The molecular formula is C15H12ClN5. The molecule has 0 aliphatic heterocycles. The van der Waals surface area contributed by atoms with Crippen LogP contribution in [0.15, 0.2) is 24.3 Å². The summed E-state index contributed by atoms with van der Waals surface area (Å²) in [6.07, 6.45) is 0. The van der Waals surface area contributed by atoms with Gasteiger partial charge in [-0.05, 0) is 17.7 Å². The van der Waals surface area contributed by atoms with Gasteiger partial charge in [0, 0.05) is 25.3 Å². The first kappa shape index (κ1) is 14.6. The second kappa shape index (κ2) is 5.70. The lowest BCUT2D eigenvalue weighted by molar-refractivity contribution is 1.13. The summed E-state index contributed by atoms with van der Waals surface area (Å²) in [5.74, 6) is 0.0215. The van der Waals surface area contributed by atoms with Crippen LogP contribution in [0.3, 0.4) is 0 Å².